The first-order chi connectivity index (χ1) is 14.8. The highest BCUT2D eigenvalue weighted by Gasteiger charge is 2.34. The van der Waals surface area contributed by atoms with Crippen molar-refractivity contribution in [2.75, 3.05) is 0 Å². The topological polar surface area (TPSA) is 208 Å². The van der Waals surface area contributed by atoms with E-state index in [9.17, 15) is 29.1 Å². The first-order valence-corrected chi connectivity index (χ1v) is 10.6. The van der Waals surface area contributed by atoms with Crippen molar-refractivity contribution in [2.24, 2.45) is 17.6 Å². The molecular formula is C20H36N4O8. The van der Waals surface area contributed by atoms with Gasteiger partial charge in [0, 0.05) is 0 Å². The van der Waals surface area contributed by atoms with Gasteiger partial charge in [-0.1, -0.05) is 40.5 Å². The van der Waals surface area contributed by atoms with Gasteiger partial charge in [0.2, 0.25) is 17.7 Å². The van der Waals surface area contributed by atoms with Crippen LogP contribution in [-0.4, -0.2) is 75.3 Å². The Labute approximate surface area is 187 Å². The smallest absolute Gasteiger partial charge is 0.328 e. The van der Waals surface area contributed by atoms with Crippen LogP contribution in [0.1, 0.15) is 53.9 Å². The van der Waals surface area contributed by atoms with Crippen LogP contribution in [0.5, 0.6) is 0 Å². The van der Waals surface area contributed by atoms with E-state index in [4.69, 9.17) is 15.9 Å². The maximum absolute atomic E-state index is 12.8. The summed E-state index contributed by atoms with van der Waals surface area (Å²) in [6, 6.07) is -5.29. The van der Waals surface area contributed by atoms with Crippen LogP contribution in [0.2, 0.25) is 0 Å². The molecule has 184 valence electrons. The third-order valence-corrected chi connectivity index (χ3v) is 5.41. The maximum atomic E-state index is 12.8. The minimum atomic E-state index is -1.60. The zero-order chi connectivity index (χ0) is 25.2. The zero-order valence-corrected chi connectivity index (χ0v) is 19.1. The van der Waals surface area contributed by atoms with E-state index in [1.165, 1.54) is 6.92 Å². The van der Waals surface area contributed by atoms with Crippen molar-refractivity contribution in [2.45, 2.75) is 84.2 Å². The summed E-state index contributed by atoms with van der Waals surface area (Å²) in [5.41, 5.74) is 5.85. The van der Waals surface area contributed by atoms with Crippen LogP contribution in [0.25, 0.3) is 0 Å². The van der Waals surface area contributed by atoms with Gasteiger partial charge in [-0.3, -0.25) is 19.2 Å². The molecule has 7 unspecified atom stereocenters. The van der Waals surface area contributed by atoms with E-state index >= 15 is 0 Å². The summed E-state index contributed by atoms with van der Waals surface area (Å²) >= 11 is 0. The number of carbonyl (C=O) groups is 5. The average molecular weight is 461 g/mol. The lowest BCUT2D eigenvalue weighted by Crippen LogP contribution is -2.60. The van der Waals surface area contributed by atoms with Gasteiger partial charge in [0.1, 0.15) is 12.1 Å². The van der Waals surface area contributed by atoms with Crippen LogP contribution in [-0.2, 0) is 24.0 Å². The van der Waals surface area contributed by atoms with Crippen molar-refractivity contribution in [1.29, 1.82) is 0 Å². The highest BCUT2D eigenvalue weighted by molar-refractivity contribution is 5.95. The molecule has 0 bridgehead atoms. The Morgan fingerprint density at radius 3 is 1.69 bits per heavy atom. The third-order valence-electron chi connectivity index (χ3n) is 5.41. The van der Waals surface area contributed by atoms with Gasteiger partial charge in [0.25, 0.3) is 0 Å². The molecule has 0 aliphatic rings. The molecule has 12 nitrogen and oxygen atoms in total. The lowest BCUT2D eigenvalue weighted by Gasteiger charge is -2.28. The van der Waals surface area contributed by atoms with E-state index in [0.717, 1.165) is 0 Å². The van der Waals surface area contributed by atoms with E-state index in [1.54, 1.807) is 20.8 Å². The zero-order valence-electron chi connectivity index (χ0n) is 19.1. The predicted octanol–water partition coefficient (Wildman–Crippen LogP) is -1.20. The van der Waals surface area contributed by atoms with Crippen LogP contribution >= 0.6 is 0 Å². The summed E-state index contributed by atoms with van der Waals surface area (Å²) in [6.07, 6.45) is -1.13. The lowest BCUT2D eigenvalue weighted by atomic mass is 9.96. The molecule has 3 amide bonds. The summed E-state index contributed by atoms with van der Waals surface area (Å²) in [7, 11) is 0. The molecule has 0 heterocycles. The number of amides is 3. The van der Waals surface area contributed by atoms with E-state index in [2.05, 4.69) is 16.0 Å². The maximum Gasteiger partial charge on any atom is 0.328 e. The average Bonchev–Trinajstić information content (AvgIpc) is 2.72. The largest absolute Gasteiger partial charge is 0.481 e. The van der Waals surface area contributed by atoms with Gasteiger partial charge in [0.05, 0.1) is 18.6 Å². The molecule has 0 aromatic rings. The Morgan fingerprint density at radius 2 is 1.28 bits per heavy atom. The molecule has 0 saturated carbocycles. The Hall–Kier alpha value is -2.73. The monoisotopic (exact) mass is 460 g/mol. The second kappa shape index (κ2) is 13.6. The molecule has 0 aliphatic carbocycles. The normalized spacial score (nSPS) is 17.6. The molecule has 0 radical (unpaired) electrons. The number of aliphatic hydroxyl groups is 1. The number of carbonyl (C=O) groups excluding carboxylic acids is 3. The molecular weight excluding hydrogens is 424 g/mol. The quantitative estimate of drug-likeness (QED) is 0.166. The Balaban J connectivity index is 5.61. The second-order valence-corrected chi connectivity index (χ2v) is 8.01. The van der Waals surface area contributed by atoms with Gasteiger partial charge >= 0.3 is 11.9 Å². The minimum absolute atomic E-state index is 0.212. The highest BCUT2D eigenvalue weighted by Crippen LogP contribution is 2.11. The number of aliphatic carboxylic acids is 2. The SMILES string of the molecule is CCC(C)C(N)C(=O)NC(CC(=O)O)C(=O)NC(C(=O)NC(C(=O)O)C(C)O)C(C)CC. The highest BCUT2D eigenvalue weighted by atomic mass is 16.4. The number of rotatable bonds is 14. The molecule has 0 aromatic heterocycles. The van der Waals surface area contributed by atoms with Gasteiger partial charge in [-0.25, -0.2) is 4.79 Å². The van der Waals surface area contributed by atoms with Crippen LogP contribution in [0.4, 0.5) is 0 Å². The summed E-state index contributed by atoms with van der Waals surface area (Å²) in [5, 5.41) is 34.8. The van der Waals surface area contributed by atoms with Crippen molar-refractivity contribution < 1.29 is 39.3 Å². The van der Waals surface area contributed by atoms with E-state index in [0.29, 0.717) is 12.8 Å². The second-order valence-electron chi connectivity index (χ2n) is 8.01. The molecule has 0 aromatic carbocycles. The van der Waals surface area contributed by atoms with Gasteiger partial charge in [-0.2, -0.15) is 0 Å². The van der Waals surface area contributed by atoms with E-state index < -0.39 is 72.3 Å². The predicted molar refractivity (Wildman–Crippen MR) is 114 cm³/mol. The fraction of sp³-hybridized carbons (Fsp3) is 0.750. The van der Waals surface area contributed by atoms with Crippen LogP contribution in [0, 0.1) is 11.8 Å². The van der Waals surface area contributed by atoms with Crippen molar-refractivity contribution >= 4 is 29.7 Å². The van der Waals surface area contributed by atoms with Crippen molar-refractivity contribution in [3.05, 3.63) is 0 Å². The van der Waals surface area contributed by atoms with Gasteiger partial charge in [-0.15, -0.1) is 0 Å². The number of hydrogen-bond acceptors (Lipinski definition) is 7. The summed E-state index contributed by atoms with van der Waals surface area (Å²) in [4.78, 5) is 60.3. The first-order valence-electron chi connectivity index (χ1n) is 10.6. The first kappa shape index (κ1) is 29.3. The number of hydrogen-bond donors (Lipinski definition) is 7. The fourth-order valence-corrected chi connectivity index (χ4v) is 2.75. The number of carboxylic acids is 2. The molecule has 12 heteroatoms. The summed E-state index contributed by atoms with van der Waals surface area (Å²) in [5.74, 6) is -5.99. The Bertz CT molecular complexity index is 685. The minimum Gasteiger partial charge on any atom is -0.481 e. The molecule has 0 saturated heterocycles. The van der Waals surface area contributed by atoms with Crippen LogP contribution in [0.3, 0.4) is 0 Å². The number of aliphatic hydroxyl groups excluding tert-OH is 1. The fourth-order valence-electron chi connectivity index (χ4n) is 2.75. The molecule has 0 fully saturated rings. The van der Waals surface area contributed by atoms with Gasteiger partial charge in [0.15, 0.2) is 6.04 Å². The summed E-state index contributed by atoms with van der Waals surface area (Å²) < 4.78 is 0. The Kier molecular flexibility index (Phi) is 12.5. The van der Waals surface area contributed by atoms with Crippen molar-refractivity contribution in [3.8, 4) is 0 Å². The summed E-state index contributed by atoms with van der Waals surface area (Å²) in [6.45, 7) is 8.12. The molecule has 7 atom stereocenters. The molecule has 8 N–H and O–H groups in total. The van der Waals surface area contributed by atoms with Gasteiger partial charge < -0.3 is 37.0 Å². The van der Waals surface area contributed by atoms with Crippen molar-refractivity contribution in [1.82, 2.24) is 16.0 Å². The van der Waals surface area contributed by atoms with E-state index in [1.807, 2.05) is 6.92 Å². The Morgan fingerprint density at radius 1 is 0.781 bits per heavy atom. The molecule has 32 heavy (non-hydrogen) atoms. The molecule has 0 rings (SSSR count). The third kappa shape index (κ3) is 9.18. The molecule has 0 aliphatic heterocycles. The standard InChI is InChI=1S/C20H36N4O8/c1-6-9(3)14(21)18(29)22-12(8-13(26)27)17(28)23-15(10(4)7-2)19(30)24-16(11(5)25)20(31)32/h9-12,14-16,25H,6-8,21H2,1-5H3,(H,22,29)(H,23,28)(H,24,30)(H,26,27)(H,31,32). The lowest BCUT2D eigenvalue weighted by molar-refractivity contribution is -0.146. The number of nitrogens with two attached hydrogens (primary N) is 1. The number of nitrogens with one attached hydrogen (secondary N) is 3. The van der Waals surface area contributed by atoms with Crippen molar-refractivity contribution in [3.63, 3.8) is 0 Å². The van der Waals surface area contributed by atoms with Gasteiger partial charge in [-0.05, 0) is 18.8 Å². The van der Waals surface area contributed by atoms with Crippen LogP contribution < -0.4 is 21.7 Å². The number of carboxylic acid groups (broad SMARTS) is 2. The molecule has 0 spiro atoms. The van der Waals surface area contributed by atoms with E-state index in [-0.39, 0.29) is 5.92 Å². The van der Waals surface area contributed by atoms with Crippen LogP contribution in [0.15, 0.2) is 0 Å².